The topological polar surface area (TPSA) is 15.3 Å². The molecule has 2 nitrogen and oxygen atoms in total. The van der Waals surface area contributed by atoms with E-state index in [2.05, 4.69) is 37.9 Å². The largest absolute Gasteiger partial charge is 0.311 e. The van der Waals surface area contributed by atoms with Gasteiger partial charge in [0.05, 0.1) is 0 Å². The molecule has 0 aromatic rings. The number of nitrogens with one attached hydrogen (secondary N) is 1. The van der Waals surface area contributed by atoms with Crippen LogP contribution in [0, 0.1) is 5.41 Å². The van der Waals surface area contributed by atoms with Gasteiger partial charge >= 0.3 is 0 Å². The number of hydrogen-bond acceptors (Lipinski definition) is 2. The van der Waals surface area contributed by atoms with E-state index in [1.807, 2.05) is 0 Å². The zero-order chi connectivity index (χ0) is 13.9. The molecule has 1 saturated carbocycles. The second-order valence-corrected chi connectivity index (χ2v) is 7.74. The average Bonchev–Trinajstić information content (AvgIpc) is 2.65. The van der Waals surface area contributed by atoms with Crippen LogP contribution in [0.25, 0.3) is 0 Å². The van der Waals surface area contributed by atoms with Gasteiger partial charge in [0.15, 0.2) is 0 Å². The van der Waals surface area contributed by atoms with Crippen molar-refractivity contribution < 1.29 is 0 Å². The predicted octanol–water partition coefficient (Wildman–Crippen LogP) is 3.81. The van der Waals surface area contributed by atoms with Crippen molar-refractivity contribution in [3.63, 3.8) is 0 Å². The molecule has 1 saturated heterocycles. The summed E-state index contributed by atoms with van der Waals surface area (Å²) in [5.41, 5.74) is 0.387. The van der Waals surface area contributed by atoms with Crippen LogP contribution in [0.15, 0.2) is 0 Å². The average molecular weight is 266 g/mol. The Hall–Kier alpha value is -0.0800. The lowest BCUT2D eigenvalue weighted by molar-refractivity contribution is 0.0145. The second kappa shape index (κ2) is 6.58. The highest BCUT2D eigenvalue weighted by atomic mass is 15.3. The van der Waals surface area contributed by atoms with Crippen molar-refractivity contribution >= 4 is 0 Å². The van der Waals surface area contributed by atoms with Crippen molar-refractivity contribution in [3.8, 4) is 0 Å². The molecule has 19 heavy (non-hydrogen) atoms. The van der Waals surface area contributed by atoms with Crippen LogP contribution in [-0.4, -0.2) is 36.1 Å². The zero-order valence-corrected chi connectivity index (χ0v) is 13.5. The summed E-state index contributed by atoms with van der Waals surface area (Å²) in [6.45, 7) is 12.0. The van der Waals surface area contributed by atoms with Crippen molar-refractivity contribution in [2.45, 2.75) is 90.8 Å². The van der Waals surface area contributed by atoms with Crippen molar-refractivity contribution in [3.05, 3.63) is 0 Å². The number of piperazine rings is 1. The lowest BCUT2D eigenvalue weighted by atomic mass is 9.82. The fourth-order valence-electron chi connectivity index (χ4n) is 3.91. The maximum Gasteiger partial charge on any atom is 0.0272 e. The summed E-state index contributed by atoms with van der Waals surface area (Å²) >= 11 is 0. The lowest BCUT2D eigenvalue weighted by Crippen LogP contribution is -2.63. The molecule has 2 fully saturated rings. The minimum absolute atomic E-state index is 0.387. The molecule has 0 aromatic heterocycles. The zero-order valence-electron chi connectivity index (χ0n) is 13.5. The first kappa shape index (κ1) is 15.3. The quantitative estimate of drug-likeness (QED) is 0.765. The summed E-state index contributed by atoms with van der Waals surface area (Å²) in [6, 6.07) is 2.27. The highest BCUT2D eigenvalue weighted by molar-refractivity contribution is 4.95. The summed E-state index contributed by atoms with van der Waals surface area (Å²) < 4.78 is 0. The molecule has 112 valence electrons. The minimum atomic E-state index is 0.387. The predicted molar refractivity (Wildman–Crippen MR) is 83.5 cm³/mol. The molecule has 1 N–H and O–H groups in total. The highest BCUT2D eigenvalue weighted by Gasteiger charge is 2.38. The summed E-state index contributed by atoms with van der Waals surface area (Å²) in [5, 5.41) is 3.77. The van der Waals surface area contributed by atoms with Crippen LogP contribution >= 0.6 is 0 Å². The van der Waals surface area contributed by atoms with E-state index in [4.69, 9.17) is 0 Å². The van der Waals surface area contributed by atoms with Crippen molar-refractivity contribution in [1.82, 2.24) is 10.2 Å². The third-order valence-electron chi connectivity index (χ3n) is 5.22. The van der Waals surface area contributed by atoms with Crippen molar-refractivity contribution in [1.29, 1.82) is 0 Å². The summed E-state index contributed by atoms with van der Waals surface area (Å²) in [7, 11) is 0. The summed E-state index contributed by atoms with van der Waals surface area (Å²) in [6.07, 6.45) is 9.94. The van der Waals surface area contributed by atoms with E-state index in [9.17, 15) is 0 Å². The van der Waals surface area contributed by atoms with E-state index in [1.165, 1.54) is 58.0 Å². The Bertz CT molecular complexity index is 261. The van der Waals surface area contributed by atoms with Gasteiger partial charge in [-0.15, -0.1) is 0 Å². The first-order valence-electron chi connectivity index (χ1n) is 8.51. The molecule has 2 rings (SSSR count). The second-order valence-electron chi connectivity index (χ2n) is 7.74. The molecule has 2 aliphatic rings. The van der Waals surface area contributed by atoms with E-state index in [0.717, 1.165) is 6.04 Å². The molecule has 1 aliphatic heterocycles. The van der Waals surface area contributed by atoms with Crippen LogP contribution in [-0.2, 0) is 0 Å². The first-order chi connectivity index (χ1) is 9.02. The van der Waals surface area contributed by atoms with Gasteiger partial charge in [0.2, 0.25) is 0 Å². The van der Waals surface area contributed by atoms with Gasteiger partial charge in [-0.1, -0.05) is 53.4 Å². The van der Waals surface area contributed by atoms with Gasteiger partial charge in [0, 0.05) is 31.2 Å². The smallest absolute Gasteiger partial charge is 0.0272 e. The highest BCUT2D eigenvalue weighted by Crippen LogP contribution is 2.32. The van der Waals surface area contributed by atoms with Crippen LogP contribution in [0.1, 0.15) is 72.6 Å². The number of nitrogens with zero attached hydrogens (tertiary/aromatic N) is 1. The number of rotatable bonds is 2. The van der Waals surface area contributed by atoms with Gasteiger partial charge in [0.1, 0.15) is 0 Å². The van der Waals surface area contributed by atoms with Crippen LogP contribution < -0.4 is 5.32 Å². The summed E-state index contributed by atoms with van der Waals surface area (Å²) in [5.74, 6) is 0. The van der Waals surface area contributed by atoms with Gasteiger partial charge in [-0.3, -0.25) is 4.90 Å². The lowest BCUT2D eigenvalue weighted by Gasteiger charge is -2.49. The molecule has 0 bridgehead atoms. The monoisotopic (exact) mass is 266 g/mol. The van der Waals surface area contributed by atoms with Crippen LogP contribution in [0.5, 0.6) is 0 Å². The molecule has 2 unspecified atom stereocenters. The van der Waals surface area contributed by atoms with Crippen LogP contribution in [0.2, 0.25) is 0 Å². The molecule has 0 radical (unpaired) electrons. The van der Waals surface area contributed by atoms with Gasteiger partial charge < -0.3 is 5.32 Å². The molecule has 0 aromatic carbocycles. The van der Waals surface area contributed by atoms with E-state index in [0.29, 0.717) is 17.5 Å². The van der Waals surface area contributed by atoms with Crippen LogP contribution in [0.3, 0.4) is 0 Å². The molecule has 0 spiro atoms. The molecular formula is C17H34N2. The molecule has 2 atom stereocenters. The normalized spacial score (nSPS) is 32.2. The maximum atomic E-state index is 3.77. The first-order valence-corrected chi connectivity index (χ1v) is 8.51. The van der Waals surface area contributed by atoms with E-state index >= 15 is 0 Å². The molecule has 1 heterocycles. The minimum Gasteiger partial charge on any atom is -0.311 e. The van der Waals surface area contributed by atoms with E-state index in [-0.39, 0.29) is 0 Å². The molecule has 1 aliphatic carbocycles. The summed E-state index contributed by atoms with van der Waals surface area (Å²) in [4.78, 5) is 2.88. The van der Waals surface area contributed by atoms with Gasteiger partial charge in [-0.05, 0) is 24.7 Å². The van der Waals surface area contributed by atoms with Crippen LogP contribution in [0.4, 0.5) is 0 Å². The Morgan fingerprint density at radius 2 is 1.68 bits per heavy atom. The third kappa shape index (κ3) is 3.95. The van der Waals surface area contributed by atoms with Gasteiger partial charge in [-0.25, -0.2) is 0 Å². The van der Waals surface area contributed by atoms with Crippen molar-refractivity contribution in [2.24, 2.45) is 5.41 Å². The molecule has 2 heteroatoms. The van der Waals surface area contributed by atoms with Crippen molar-refractivity contribution in [2.75, 3.05) is 13.1 Å². The Morgan fingerprint density at radius 1 is 1.05 bits per heavy atom. The number of hydrogen-bond donors (Lipinski definition) is 1. The SMILES string of the molecule is CCC1CN(C2CCCCCC2)C(C(C)(C)C)CN1. The van der Waals surface area contributed by atoms with Gasteiger partial charge in [0.25, 0.3) is 0 Å². The molecular weight excluding hydrogens is 232 g/mol. The standard InChI is InChI=1S/C17H34N2/c1-5-14-13-19(15-10-8-6-7-9-11-15)16(12-18-14)17(2,3)4/h14-16,18H,5-13H2,1-4H3. The fraction of sp³-hybridized carbons (Fsp3) is 1.00. The Labute approximate surface area is 120 Å². The Balaban J connectivity index is 2.09. The van der Waals surface area contributed by atoms with E-state index < -0.39 is 0 Å². The fourth-order valence-corrected chi connectivity index (χ4v) is 3.91. The Kier molecular flexibility index (Phi) is 5.30. The molecule has 0 amide bonds. The van der Waals surface area contributed by atoms with E-state index in [1.54, 1.807) is 0 Å². The van der Waals surface area contributed by atoms with Gasteiger partial charge in [-0.2, -0.15) is 0 Å². The maximum absolute atomic E-state index is 3.77. The third-order valence-corrected chi connectivity index (χ3v) is 5.22. The Morgan fingerprint density at radius 3 is 2.21 bits per heavy atom.